The SMILES string of the molecule is Cl.Cl.N[C@@H]1CCN(CC(c2ccc(OCc3ccccc3)c(Cl)c2)C2CCCCC2O)C1. The summed E-state index contributed by atoms with van der Waals surface area (Å²) < 4.78 is 5.96. The van der Waals surface area contributed by atoms with Crippen LogP contribution in [0.2, 0.25) is 5.02 Å². The minimum Gasteiger partial charge on any atom is -0.487 e. The summed E-state index contributed by atoms with van der Waals surface area (Å²) in [5, 5.41) is 11.4. The van der Waals surface area contributed by atoms with Gasteiger partial charge < -0.3 is 20.5 Å². The fourth-order valence-electron chi connectivity index (χ4n) is 5.00. The number of ether oxygens (including phenoxy) is 1. The lowest BCUT2D eigenvalue weighted by atomic mass is 9.74. The van der Waals surface area contributed by atoms with Crippen LogP contribution in [0.15, 0.2) is 48.5 Å². The van der Waals surface area contributed by atoms with Gasteiger partial charge in [-0.15, -0.1) is 24.8 Å². The van der Waals surface area contributed by atoms with Crippen molar-refractivity contribution in [3.8, 4) is 5.75 Å². The van der Waals surface area contributed by atoms with Gasteiger partial charge in [0.05, 0.1) is 11.1 Å². The van der Waals surface area contributed by atoms with Crippen molar-refractivity contribution in [2.45, 2.75) is 56.8 Å². The van der Waals surface area contributed by atoms with Crippen molar-refractivity contribution in [1.82, 2.24) is 4.90 Å². The number of aliphatic hydroxyl groups excluding tert-OH is 1. The van der Waals surface area contributed by atoms with Gasteiger partial charge in [-0.2, -0.15) is 0 Å². The molecule has 3 N–H and O–H groups in total. The lowest BCUT2D eigenvalue weighted by Gasteiger charge is -2.37. The Morgan fingerprint density at radius 3 is 2.47 bits per heavy atom. The smallest absolute Gasteiger partial charge is 0.138 e. The molecular weight excluding hydrogens is 467 g/mol. The van der Waals surface area contributed by atoms with Crippen LogP contribution in [0.5, 0.6) is 5.75 Å². The predicted molar refractivity (Wildman–Crippen MR) is 136 cm³/mol. The summed E-state index contributed by atoms with van der Waals surface area (Å²) in [4.78, 5) is 2.45. The van der Waals surface area contributed by atoms with Gasteiger partial charge in [-0.3, -0.25) is 0 Å². The number of nitrogens with zero attached hydrogens (tertiary/aromatic N) is 1. The molecule has 0 spiro atoms. The van der Waals surface area contributed by atoms with Gasteiger partial charge in [-0.1, -0.05) is 60.8 Å². The maximum absolute atomic E-state index is 10.8. The predicted octanol–water partition coefficient (Wildman–Crippen LogP) is 5.43. The molecule has 3 unspecified atom stereocenters. The number of aliphatic hydroxyl groups is 1. The molecule has 4 rings (SSSR count). The van der Waals surface area contributed by atoms with Gasteiger partial charge >= 0.3 is 0 Å². The molecule has 0 aromatic heterocycles. The number of benzene rings is 2. The van der Waals surface area contributed by atoms with E-state index in [1.54, 1.807) is 0 Å². The number of nitrogens with two attached hydrogens (primary N) is 1. The van der Waals surface area contributed by atoms with E-state index in [2.05, 4.69) is 11.0 Å². The Bertz CT molecular complexity index is 824. The Morgan fingerprint density at radius 2 is 1.81 bits per heavy atom. The zero-order valence-corrected chi connectivity index (χ0v) is 20.8. The minimum absolute atomic E-state index is 0. The highest BCUT2D eigenvalue weighted by Gasteiger charge is 2.34. The van der Waals surface area contributed by atoms with Gasteiger partial charge in [-0.05, 0) is 55.0 Å². The first kappa shape index (κ1) is 27.2. The molecule has 0 amide bonds. The average molecular weight is 502 g/mol. The number of likely N-dealkylation sites (tertiary alicyclic amines) is 1. The molecule has 32 heavy (non-hydrogen) atoms. The quantitative estimate of drug-likeness (QED) is 0.531. The Balaban J connectivity index is 0.00000181. The molecule has 2 aromatic carbocycles. The minimum atomic E-state index is -0.243. The van der Waals surface area contributed by atoms with Crippen molar-refractivity contribution in [2.75, 3.05) is 19.6 Å². The Kier molecular flexibility index (Phi) is 11.1. The van der Waals surface area contributed by atoms with Gasteiger partial charge in [0.25, 0.3) is 0 Å². The van der Waals surface area contributed by atoms with Crippen molar-refractivity contribution in [1.29, 1.82) is 0 Å². The van der Waals surface area contributed by atoms with Gasteiger partial charge in [0.2, 0.25) is 0 Å². The van der Waals surface area contributed by atoms with Gasteiger partial charge in [0, 0.05) is 25.0 Å². The molecule has 0 bridgehead atoms. The van der Waals surface area contributed by atoms with E-state index in [4.69, 9.17) is 22.1 Å². The second kappa shape index (κ2) is 13.0. The van der Waals surface area contributed by atoms with E-state index in [0.29, 0.717) is 17.4 Å². The summed E-state index contributed by atoms with van der Waals surface area (Å²) in [6.45, 7) is 3.39. The third kappa shape index (κ3) is 6.99. The van der Waals surface area contributed by atoms with Crippen LogP contribution in [-0.4, -0.2) is 41.8 Å². The standard InChI is InChI=1S/C25H33ClN2O2.2ClH/c26-23-14-19(10-11-25(23)30-17-18-6-2-1-3-7-18)22(16-28-13-12-20(27)15-28)21-8-4-5-9-24(21)29;;/h1-3,6-7,10-11,14,20-22,24,29H,4-5,8-9,12-13,15-17,27H2;2*1H/t20-,21?,22?,24?;;/m1../s1. The molecule has 0 radical (unpaired) electrons. The highest BCUT2D eigenvalue weighted by Crippen LogP contribution is 2.39. The highest BCUT2D eigenvalue weighted by molar-refractivity contribution is 6.32. The van der Waals surface area contributed by atoms with Gasteiger partial charge in [0.15, 0.2) is 0 Å². The third-order valence-corrected chi connectivity index (χ3v) is 6.98. The van der Waals surface area contributed by atoms with E-state index in [0.717, 1.165) is 50.9 Å². The van der Waals surface area contributed by atoms with Crippen LogP contribution in [0.4, 0.5) is 0 Å². The summed E-state index contributed by atoms with van der Waals surface area (Å²) in [7, 11) is 0. The van der Waals surface area contributed by atoms with Crippen molar-refractivity contribution < 1.29 is 9.84 Å². The van der Waals surface area contributed by atoms with Crippen molar-refractivity contribution in [2.24, 2.45) is 11.7 Å². The molecule has 1 saturated heterocycles. The first-order valence-corrected chi connectivity index (χ1v) is 11.6. The van der Waals surface area contributed by atoms with Gasteiger partial charge in [-0.25, -0.2) is 0 Å². The summed E-state index contributed by atoms with van der Waals surface area (Å²) in [6.07, 6.45) is 5.07. The lowest BCUT2D eigenvalue weighted by Crippen LogP contribution is -2.37. The number of hydrogen-bond donors (Lipinski definition) is 2. The van der Waals surface area contributed by atoms with E-state index >= 15 is 0 Å². The van der Waals surface area contributed by atoms with E-state index in [9.17, 15) is 5.11 Å². The molecule has 2 aromatic rings. The molecule has 1 saturated carbocycles. The average Bonchev–Trinajstić information content (AvgIpc) is 3.17. The van der Waals surface area contributed by atoms with E-state index in [-0.39, 0.29) is 48.8 Å². The van der Waals surface area contributed by atoms with Crippen LogP contribution in [0.3, 0.4) is 0 Å². The van der Waals surface area contributed by atoms with Crippen LogP contribution < -0.4 is 10.5 Å². The highest BCUT2D eigenvalue weighted by atomic mass is 35.5. The monoisotopic (exact) mass is 500 g/mol. The van der Waals surface area contributed by atoms with Crippen LogP contribution in [-0.2, 0) is 6.61 Å². The molecule has 4 nitrogen and oxygen atoms in total. The normalized spacial score (nSPS) is 24.3. The fourth-order valence-corrected chi connectivity index (χ4v) is 5.25. The maximum atomic E-state index is 10.8. The van der Waals surface area contributed by atoms with E-state index in [1.807, 2.05) is 42.5 Å². The second-order valence-electron chi connectivity index (χ2n) is 8.89. The van der Waals surface area contributed by atoms with Crippen molar-refractivity contribution in [3.05, 3.63) is 64.7 Å². The second-order valence-corrected chi connectivity index (χ2v) is 9.30. The fraction of sp³-hybridized carbons (Fsp3) is 0.520. The molecule has 1 heterocycles. The van der Waals surface area contributed by atoms with Crippen LogP contribution in [0.25, 0.3) is 0 Å². The molecule has 178 valence electrons. The number of rotatable bonds is 7. The van der Waals surface area contributed by atoms with Crippen LogP contribution in [0.1, 0.15) is 49.1 Å². The molecule has 1 aliphatic carbocycles. The molecule has 4 atom stereocenters. The molecule has 2 fully saturated rings. The lowest BCUT2D eigenvalue weighted by molar-refractivity contribution is 0.0476. The Hall–Kier alpha value is -1.01. The summed E-state index contributed by atoms with van der Waals surface area (Å²) in [5.41, 5.74) is 8.45. The van der Waals surface area contributed by atoms with Crippen molar-refractivity contribution in [3.63, 3.8) is 0 Å². The molecule has 1 aliphatic heterocycles. The third-order valence-electron chi connectivity index (χ3n) is 6.68. The van der Waals surface area contributed by atoms with Crippen LogP contribution >= 0.6 is 36.4 Å². The van der Waals surface area contributed by atoms with E-state index in [1.165, 1.54) is 12.0 Å². The Morgan fingerprint density at radius 1 is 1.06 bits per heavy atom. The van der Waals surface area contributed by atoms with Gasteiger partial charge in [0.1, 0.15) is 12.4 Å². The first-order chi connectivity index (χ1) is 14.6. The zero-order valence-electron chi connectivity index (χ0n) is 18.4. The number of halogens is 3. The van der Waals surface area contributed by atoms with Crippen LogP contribution in [0, 0.1) is 5.92 Å². The largest absolute Gasteiger partial charge is 0.487 e. The molecule has 2 aliphatic rings. The summed E-state index contributed by atoms with van der Waals surface area (Å²) in [6, 6.07) is 16.5. The summed E-state index contributed by atoms with van der Waals surface area (Å²) >= 11 is 6.63. The molecule has 7 heteroatoms. The number of hydrogen-bond acceptors (Lipinski definition) is 4. The first-order valence-electron chi connectivity index (χ1n) is 11.2. The van der Waals surface area contributed by atoms with E-state index < -0.39 is 0 Å². The topological polar surface area (TPSA) is 58.7 Å². The zero-order chi connectivity index (χ0) is 20.9. The summed E-state index contributed by atoms with van der Waals surface area (Å²) in [5.74, 6) is 1.23. The molecular formula is C25H35Cl3N2O2. The Labute approximate surface area is 209 Å². The maximum Gasteiger partial charge on any atom is 0.138 e. The van der Waals surface area contributed by atoms with Crippen molar-refractivity contribution >= 4 is 36.4 Å².